The second-order valence-electron chi connectivity index (χ2n) is 9.77. The van der Waals surface area contributed by atoms with Gasteiger partial charge in [0.25, 0.3) is 0 Å². The molecule has 128 valence electrons. The van der Waals surface area contributed by atoms with Crippen LogP contribution in [-0.4, -0.2) is 11.6 Å². The molecule has 3 atom stereocenters. The van der Waals surface area contributed by atoms with E-state index in [9.17, 15) is 4.79 Å². The number of rotatable bonds is 4. The van der Waals surface area contributed by atoms with Crippen LogP contribution in [0, 0.1) is 41.4 Å². The molecule has 6 bridgehead atoms. The van der Waals surface area contributed by atoms with Gasteiger partial charge in [0.2, 0.25) is 0 Å². The molecule has 2 nitrogen and oxygen atoms in total. The van der Waals surface area contributed by atoms with Crippen molar-refractivity contribution >= 4 is 5.97 Å². The van der Waals surface area contributed by atoms with E-state index < -0.39 is 0 Å². The smallest absolute Gasteiger partial charge is 0.306 e. The average Bonchev–Trinajstić information content (AvgIpc) is 3.11. The van der Waals surface area contributed by atoms with Crippen LogP contribution in [0.3, 0.4) is 0 Å². The Hall–Kier alpha value is -0.530. The van der Waals surface area contributed by atoms with Crippen LogP contribution in [0.5, 0.6) is 0 Å². The molecular weight excluding hydrogens is 284 g/mol. The molecule has 23 heavy (non-hydrogen) atoms. The molecular formula is C21H32O2. The Labute approximate surface area is 140 Å². The minimum absolute atomic E-state index is 0.0775. The minimum atomic E-state index is -0.0775. The molecule has 6 aliphatic carbocycles. The number of esters is 1. The van der Waals surface area contributed by atoms with Gasteiger partial charge in [0, 0.05) is 6.42 Å². The van der Waals surface area contributed by atoms with Gasteiger partial charge in [-0.25, -0.2) is 0 Å². The number of ether oxygens (including phenoxy) is 1. The van der Waals surface area contributed by atoms with Gasteiger partial charge in [-0.2, -0.15) is 0 Å². The van der Waals surface area contributed by atoms with Crippen LogP contribution in [-0.2, 0) is 9.53 Å². The van der Waals surface area contributed by atoms with Crippen molar-refractivity contribution in [2.75, 3.05) is 0 Å². The van der Waals surface area contributed by atoms with Gasteiger partial charge >= 0.3 is 5.97 Å². The summed E-state index contributed by atoms with van der Waals surface area (Å²) in [5, 5.41) is 0. The first kappa shape index (κ1) is 14.8. The molecule has 0 amide bonds. The maximum Gasteiger partial charge on any atom is 0.306 e. The summed E-state index contributed by atoms with van der Waals surface area (Å²) >= 11 is 0. The van der Waals surface area contributed by atoms with Gasteiger partial charge in [0.05, 0.1) is 0 Å². The van der Waals surface area contributed by atoms with E-state index in [0.29, 0.717) is 11.8 Å². The monoisotopic (exact) mass is 316 g/mol. The number of fused-ring (bicyclic) bond motifs is 2. The molecule has 0 N–H and O–H groups in total. The lowest BCUT2D eigenvalue weighted by atomic mass is 9.51. The maximum atomic E-state index is 12.8. The SMILES string of the molecule is CC[C@@]1(OC(=O)CC2C3CC4CC(C3)CC2C4)C[C@H]2CC[C@@H]1C2. The third-order valence-corrected chi connectivity index (χ3v) is 8.66. The zero-order valence-electron chi connectivity index (χ0n) is 14.6. The van der Waals surface area contributed by atoms with E-state index in [0.717, 1.165) is 48.9 Å². The molecule has 0 aromatic heterocycles. The summed E-state index contributed by atoms with van der Waals surface area (Å²) in [6, 6.07) is 0. The second kappa shape index (κ2) is 5.23. The van der Waals surface area contributed by atoms with Crippen molar-refractivity contribution in [2.24, 2.45) is 41.4 Å². The van der Waals surface area contributed by atoms with Gasteiger partial charge in [-0.05, 0) is 106 Å². The Morgan fingerprint density at radius 2 is 1.65 bits per heavy atom. The van der Waals surface area contributed by atoms with E-state index in [1.54, 1.807) is 0 Å². The molecule has 0 radical (unpaired) electrons. The van der Waals surface area contributed by atoms with E-state index in [1.165, 1.54) is 51.4 Å². The first-order chi connectivity index (χ1) is 11.1. The first-order valence-electron chi connectivity index (χ1n) is 10.4. The Morgan fingerprint density at radius 3 is 2.17 bits per heavy atom. The molecule has 0 aromatic carbocycles. The third kappa shape index (κ3) is 2.30. The normalized spacial score (nSPS) is 53.0. The summed E-state index contributed by atoms with van der Waals surface area (Å²) in [4.78, 5) is 12.8. The lowest BCUT2D eigenvalue weighted by molar-refractivity contribution is -0.171. The van der Waals surface area contributed by atoms with Crippen LogP contribution >= 0.6 is 0 Å². The predicted octanol–water partition coefficient (Wildman–Crippen LogP) is 4.96. The van der Waals surface area contributed by atoms with Crippen LogP contribution in [0.1, 0.15) is 77.6 Å². The summed E-state index contributed by atoms with van der Waals surface area (Å²) in [7, 11) is 0. The molecule has 6 saturated carbocycles. The number of hydrogen-bond donors (Lipinski definition) is 0. The van der Waals surface area contributed by atoms with E-state index in [4.69, 9.17) is 4.74 Å². The van der Waals surface area contributed by atoms with Crippen molar-refractivity contribution in [3.05, 3.63) is 0 Å². The Kier molecular flexibility index (Phi) is 3.36. The number of hydrogen-bond acceptors (Lipinski definition) is 2. The Balaban J connectivity index is 1.25. The van der Waals surface area contributed by atoms with Crippen molar-refractivity contribution in [2.45, 2.75) is 83.2 Å². The van der Waals surface area contributed by atoms with Crippen LogP contribution < -0.4 is 0 Å². The fourth-order valence-electron chi connectivity index (χ4n) is 7.86. The highest BCUT2D eigenvalue weighted by Gasteiger charge is 2.53. The zero-order chi connectivity index (χ0) is 15.6. The zero-order valence-corrected chi connectivity index (χ0v) is 14.6. The highest BCUT2D eigenvalue weighted by atomic mass is 16.6. The van der Waals surface area contributed by atoms with E-state index >= 15 is 0 Å². The molecule has 6 rings (SSSR count). The lowest BCUT2D eigenvalue weighted by Gasteiger charge is -2.54. The summed E-state index contributed by atoms with van der Waals surface area (Å²) in [5.74, 6) is 6.00. The van der Waals surface area contributed by atoms with Gasteiger partial charge in [-0.15, -0.1) is 0 Å². The maximum absolute atomic E-state index is 12.8. The Bertz CT molecular complexity index is 470. The van der Waals surface area contributed by atoms with Crippen molar-refractivity contribution < 1.29 is 9.53 Å². The molecule has 0 aromatic rings. The predicted molar refractivity (Wildman–Crippen MR) is 89.7 cm³/mol. The molecule has 0 saturated heterocycles. The highest BCUT2D eigenvalue weighted by Crippen LogP contribution is 2.58. The van der Waals surface area contributed by atoms with Crippen molar-refractivity contribution in [1.29, 1.82) is 0 Å². The lowest BCUT2D eigenvalue weighted by Crippen LogP contribution is -2.47. The van der Waals surface area contributed by atoms with Crippen LogP contribution in [0.25, 0.3) is 0 Å². The van der Waals surface area contributed by atoms with Crippen LogP contribution in [0.2, 0.25) is 0 Å². The summed E-state index contributed by atoms with van der Waals surface area (Å²) in [5.41, 5.74) is -0.0775. The van der Waals surface area contributed by atoms with Crippen LogP contribution in [0.15, 0.2) is 0 Å². The van der Waals surface area contributed by atoms with Crippen molar-refractivity contribution in [1.82, 2.24) is 0 Å². The highest BCUT2D eigenvalue weighted by molar-refractivity contribution is 5.70. The van der Waals surface area contributed by atoms with Crippen LogP contribution in [0.4, 0.5) is 0 Å². The van der Waals surface area contributed by atoms with Crippen molar-refractivity contribution in [3.8, 4) is 0 Å². The number of carbonyl (C=O) groups is 1. The molecule has 0 unspecified atom stereocenters. The fraction of sp³-hybridized carbons (Fsp3) is 0.952. The molecule has 0 heterocycles. The van der Waals surface area contributed by atoms with Gasteiger partial charge < -0.3 is 4.74 Å². The Morgan fingerprint density at radius 1 is 0.957 bits per heavy atom. The standard InChI is InChI=1S/C21H32O2/c1-2-21(12-13-3-4-18(21)10-13)23-20(22)11-19-16-6-14-5-15(8-16)9-17(19)7-14/h13-19H,2-12H2,1H3/t13-,14?,15?,16?,17?,18+,19?,21+/m0/s1. The largest absolute Gasteiger partial charge is 0.459 e. The average molecular weight is 316 g/mol. The van der Waals surface area contributed by atoms with Crippen molar-refractivity contribution in [3.63, 3.8) is 0 Å². The first-order valence-corrected chi connectivity index (χ1v) is 10.4. The fourth-order valence-corrected chi connectivity index (χ4v) is 7.86. The third-order valence-electron chi connectivity index (χ3n) is 8.66. The van der Waals surface area contributed by atoms with Gasteiger partial charge in [-0.1, -0.05) is 6.92 Å². The topological polar surface area (TPSA) is 26.3 Å². The summed E-state index contributed by atoms with van der Waals surface area (Å²) in [6.07, 6.45) is 14.0. The van der Waals surface area contributed by atoms with Gasteiger partial charge in [0.1, 0.15) is 5.60 Å². The molecule has 6 aliphatic rings. The molecule has 6 fully saturated rings. The molecule has 0 aliphatic heterocycles. The second-order valence-corrected chi connectivity index (χ2v) is 9.77. The quantitative estimate of drug-likeness (QED) is 0.685. The van der Waals surface area contributed by atoms with E-state index in [-0.39, 0.29) is 11.6 Å². The summed E-state index contributed by atoms with van der Waals surface area (Å²) in [6.45, 7) is 2.23. The van der Waals surface area contributed by atoms with Gasteiger partial charge in [-0.3, -0.25) is 4.79 Å². The molecule has 2 heteroatoms. The minimum Gasteiger partial charge on any atom is -0.459 e. The number of carbonyl (C=O) groups excluding carboxylic acids is 1. The van der Waals surface area contributed by atoms with E-state index in [2.05, 4.69) is 6.92 Å². The summed E-state index contributed by atoms with van der Waals surface area (Å²) < 4.78 is 6.25. The molecule has 0 spiro atoms. The van der Waals surface area contributed by atoms with Gasteiger partial charge in [0.15, 0.2) is 0 Å². The van der Waals surface area contributed by atoms with E-state index in [1.807, 2.05) is 0 Å².